The van der Waals surface area contributed by atoms with Gasteiger partial charge in [-0.2, -0.15) is 0 Å². The van der Waals surface area contributed by atoms with Crippen LogP contribution in [0.25, 0.3) is 0 Å². The number of fused-ring (bicyclic) bond motifs is 1. The number of nitrogens with one attached hydrogen (secondary N) is 1. The summed E-state index contributed by atoms with van der Waals surface area (Å²) in [7, 11) is 0. The third-order valence-corrected chi connectivity index (χ3v) is 4.27. The second-order valence-electron chi connectivity index (χ2n) is 5.79. The molecule has 20 heavy (non-hydrogen) atoms. The molecule has 110 valence electrons. The van der Waals surface area contributed by atoms with Gasteiger partial charge >= 0.3 is 0 Å². The minimum Gasteiger partial charge on any atom is -0.478 e. The Bertz CT molecular complexity index is 440. The summed E-state index contributed by atoms with van der Waals surface area (Å²) in [5.41, 5.74) is 0. The zero-order valence-electron chi connectivity index (χ0n) is 12.2. The van der Waals surface area contributed by atoms with Crippen LogP contribution in [-0.2, 0) is 0 Å². The topological polar surface area (TPSA) is 50.3 Å². The third-order valence-electron chi connectivity index (χ3n) is 4.27. The molecule has 0 aliphatic carbocycles. The summed E-state index contributed by atoms with van der Waals surface area (Å²) in [6.07, 6.45) is 7.72. The molecule has 2 aliphatic rings. The van der Waals surface area contributed by atoms with Gasteiger partial charge in [-0.3, -0.25) is 0 Å². The Kier molecular flexibility index (Phi) is 4.35. The molecule has 2 fully saturated rings. The summed E-state index contributed by atoms with van der Waals surface area (Å²) in [6.45, 7) is 5.30. The van der Waals surface area contributed by atoms with Crippen molar-refractivity contribution in [3.8, 4) is 5.88 Å². The molecule has 3 heterocycles. The van der Waals surface area contributed by atoms with Gasteiger partial charge in [-0.1, -0.05) is 6.92 Å². The van der Waals surface area contributed by atoms with Crippen LogP contribution in [0.1, 0.15) is 39.0 Å². The number of hydrogen-bond donors (Lipinski definition) is 1. The summed E-state index contributed by atoms with van der Waals surface area (Å²) in [4.78, 5) is 11.1. The molecule has 1 N–H and O–H groups in total. The first-order valence-corrected chi connectivity index (χ1v) is 7.80. The molecule has 5 nitrogen and oxygen atoms in total. The van der Waals surface area contributed by atoms with Gasteiger partial charge in [-0.05, 0) is 38.6 Å². The van der Waals surface area contributed by atoms with Crippen LogP contribution >= 0.6 is 0 Å². The Labute approximate surface area is 120 Å². The van der Waals surface area contributed by atoms with Gasteiger partial charge in [0.05, 0.1) is 6.61 Å². The van der Waals surface area contributed by atoms with Gasteiger partial charge in [0.1, 0.15) is 12.1 Å². The van der Waals surface area contributed by atoms with Gasteiger partial charge in [0.2, 0.25) is 5.88 Å². The highest BCUT2D eigenvalue weighted by Gasteiger charge is 2.31. The minimum atomic E-state index is 0.531. The van der Waals surface area contributed by atoms with Crippen LogP contribution in [0.5, 0.6) is 5.88 Å². The summed E-state index contributed by atoms with van der Waals surface area (Å²) in [5, 5.41) is 3.55. The average molecular weight is 276 g/mol. The molecule has 5 heteroatoms. The SMILES string of the molecule is CCCOc1cc(NC2CCN3CCCC3C2)ncn1. The summed E-state index contributed by atoms with van der Waals surface area (Å²) in [6, 6.07) is 3.22. The highest BCUT2D eigenvalue weighted by molar-refractivity contribution is 5.38. The quantitative estimate of drug-likeness (QED) is 0.894. The molecule has 2 atom stereocenters. The van der Waals surface area contributed by atoms with Crippen molar-refractivity contribution >= 4 is 5.82 Å². The van der Waals surface area contributed by atoms with E-state index in [2.05, 4.69) is 27.1 Å². The number of anilines is 1. The van der Waals surface area contributed by atoms with E-state index >= 15 is 0 Å². The lowest BCUT2D eigenvalue weighted by Crippen LogP contribution is -2.42. The molecule has 0 aromatic carbocycles. The van der Waals surface area contributed by atoms with Crippen LogP contribution in [0.3, 0.4) is 0 Å². The number of nitrogens with zero attached hydrogens (tertiary/aromatic N) is 3. The highest BCUT2D eigenvalue weighted by Crippen LogP contribution is 2.28. The van der Waals surface area contributed by atoms with Crippen LogP contribution in [0.2, 0.25) is 0 Å². The van der Waals surface area contributed by atoms with Crippen LogP contribution in [0, 0.1) is 0 Å². The van der Waals surface area contributed by atoms with E-state index in [0.717, 1.165) is 18.3 Å². The molecule has 2 unspecified atom stereocenters. The van der Waals surface area contributed by atoms with Crippen molar-refractivity contribution in [3.63, 3.8) is 0 Å². The Balaban J connectivity index is 1.57. The molecule has 0 bridgehead atoms. The lowest BCUT2D eigenvalue weighted by atomic mass is 9.97. The maximum absolute atomic E-state index is 5.55. The number of aromatic nitrogens is 2. The fourth-order valence-electron chi connectivity index (χ4n) is 3.27. The Morgan fingerprint density at radius 1 is 1.35 bits per heavy atom. The zero-order chi connectivity index (χ0) is 13.8. The molecule has 1 aromatic heterocycles. The lowest BCUT2D eigenvalue weighted by Gasteiger charge is -2.35. The monoisotopic (exact) mass is 276 g/mol. The van der Waals surface area contributed by atoms with Crippen LogP contribution in [0.15, 0.2) is 12.4 Å². The van der Waals surface area contributed by atoms with Gasteiger partial charge < -0.3 is 15.0 Å². The number of piperidine rings is 1. The van der Waals surface area contributed by atoms with E-state index in [1.165, 1.54) is 38.8 Å². The van der Waals surface area contributed by atoms with Crippen molar-refractivity contribution in [2.45, 2.75) is 51.1 Å². The summed E-state index contributed by atoms with van der Waals surface area (Å²) >= 11 is 0. The average Bonchev–Trinajstić information content (AvgIpc) is 2.93. The molecular weight excluding hydrogens is 252 g/mol. The molecular formula is C15H24N4O. The van der Waals surface area contributed by atoms with Gasteiger partial charge in [0.25, 0.3) is 0 Å². The second-order valence-corrected chi connectivity index (χ2v) is 5.79. The van der Waals surface area contributed by atoms with Crippen molar-refractivity contribution < 1.29 is 4.74 Å². The van der Waals surface area contributed by atoms with Crippen molar-refractivity contribution in [3.05, 3.63) is 12.4 Å². The molecule has 0 amide bonds. The van der Waals surface area contributed by atoms with E-state index in [-0.39, 0.29) is 0 Å². The van der Waals surface area contributed by atoms with Crippen LogP contribution in [0.4, 0.5) is 5.82 Å². The van der Waals surface area contributed by atoms with E-state index < -0.39 is 0 Å². The standard InChI is InChI=1S/C15H24N4O/c1-2-8-20-15-10-14(16-11-17-15)18-12-5-7-19-6-3-4-13(19)9-12/h10-13H,2-9H2,1H3,(H,16,17,18). The molecule has 2 aliphatic heterocycles. The first-order chi connectivity index (χ1) is 9.85. The zero-order valence-corrected chi connectivity index (χ0v) is 12.2. The maximum Gasteiger partial charge on any atom is 0.218 e. The van der Waals surface area contributed by atoms with Crippen LogP contribution < -0.4 is 10.1 Å². The van der Waals surface area contributed by atoms with Crippen molar-refractivity contribution in [1.82, 2.24) is 14.9 Å². The first kappa shape index (κ1) is 13.6. The lowest BCUT2D eigenvalue weighted by molar-refractivity contribution is 0.188. The van der Waals surface area contributed by atoms with Gasteiger partial charge in [0.15, 0.2) is 0 Å². The predicted molar refractivity (Wildman–Crippen MR) is 79.1 cm³/mol. The summed E-state index contributed by atoms with van der Waals surface area (Å²) < 4.78 is 5.55. The smallest absolute Gasteiger partial charge is 0.218 e. The molecule has 3 rings (SSSR count). The molecule has 2 saturated heterocycles. The summed E-state index contributed by atoms with van der Waals surface area (Å²) in [5.74, 6) is 1.56. The largest absolute Gasteiger partial charge is 0.478 e. The Morgan fingerprint density at radius 3 is 3.20 bits per heavy atom. The van der Waals surface area contributed by atoms with Crippen molar-refractivity contribution in [2.75, 3.05) is 25.0 Å². The van der Waals surface area contributed by atoms with E-state index in [0.29, 0.717) is 18.5 Å². The second kappa shape index (κ2) is 6.39. The Hall–Kier alpha value is -1.36. The molecule has 0 radical (unpaired) electrons. The molecule has 0 spiro atoms. The van der Waals surface area contributed by atoms with E-state index in [1.54, 1.807) is 6.33 Å². The fourth-order valence-corrected chi connectivity index (χ4v) is 3.27. The first-order valence-electron chi connectivity index (χ1n) is 7.80. The predicted octanol–water partition coefficient (Wildman–Crippen LogP) is 2.30. The molecule has 1 aromatic rings. The van der Waals surface area contributed by atoms with Crippen molar-refractivity contribution in [1.29, 1.82) is 0 Å². The number of rotatable bonds is 5. The van der Waals surface area contributed by atoms with Gasteiger partial charge in [-0.15, -0.1) is 0 Å². The normalized spacial score (nSPS) is 26.2. The number of hydrogen-bond acceptors (Lipinski definition) is 5. The van der Waals surface area contributed by atoms with E-state index in [1.807, 2.05) is 6.07 Å². The van der Waals surface area contributed by atoms with E-state index in [4.69, 9.17) is 4.74 Å². The van der Waals surface area contributed by atoms with E-state index in [9.17, 15) is 0 Å². The number of ether oxygens (including phenoxy) is 1. The minimum absolute atomic E-state index is 0.531. The Morgan fingerprint density at radius 2 is 2.30 bits per heavy atom. The fraction of sp³-hybridized carbons (Fsp3) is 0.733. The highest BCUT2D eigenvalue weighted by atomic mass is 16.5. The van der Waals surface area contributed by atoms with Gasteiger partial charge in [-0.25, -0.2) is 9.97 Å². The van der Waals surface area contributed by atoms with Crippen molar-refractivity contribution in [2.24, 2.45) is 0 Å². The maximum atomic E-state index is 5.55. The third kappa shape index (κ3) is 3.20. The van der Waals surface area contributed by atoms with Crippen LogP contribution in [-0.4, -0.2) is 46.6 Å². The van der Waals surface area contributed by atoms with Gasteiger partial charge in [0, 0.05) is 24.7 Å². The molecule has 0 saturated carbocycles.